The van der Waals surface area contributed by atoms with Gasteiger partial charge in [0.25, 0.3) is 0 Å². The van der Waals surface area contributed by atoms with Crippen LogP contribution in [0.4, 0.5) is 0 Å². The SMILES string of the molecule is N#Cc1ccc(C#N)c(On2cccc2)c1. The van der Waals surface area contributed by atoms with E-state index in [1.807, 2.05) is 12.1 Å². The quantitative estimate of drug-likeness (QED) is 0.760. The molecule has 1 heterocycles. The van der Waals surface area contributed by atoms with E-state index in [2.05, 4.69) is 0 Å². The lowest BCUT2D eigenvalue weighted by atomic mass is 10.1. The molecule has 0 spiro atoms. The summed E-state index contributed by atoms with van der Waals surface area (Å²) < 4.78 is 1.47. The molecule has 0 atom stereocenters. The zero-order valence-corrected chi connectivity index (χ0v) is 8.29. The Bertz CT molecular complexity index is 573. The van der Waals surface area contributed by atoms with Crippen LogP contribution in [0.5, 0.6) is 5.75 Å². The van der Waals surface area contributed by atoms with Crippen molar-refractivity contribution in [2.24, 2.45) is 0 Å². The minimum absolute atomic E-state index is 0.373. The van der Waals surface area contributed by atoms with E-state index in [4.69, 9.17) is 15.4 Å². The fourth-order valence-electron chi connectivity index (χ4n) is 1.25. The third kappa shape index (κ3) is 1.87. The second kappa shape index (κ2) is 4.20. The predicted octanol–water partition coefficient (Wildman–Crippen LogP) is 2.07. The highest BCUT2D eigenvalue weighted by Gasteiger charge is 2.05. The third-order valence-electron chi connectivity index (χ3n) is 2.01. The molecule has 0 N–H and O–H groups in total. The van der Waals surface area contributed by atoms with Gasteiger partial charge in [-0.1, -0.05) is 0 Å². The van der Waals surface area contributed by atoms with Crippen LogP contribution in [0.25, 0.3) is 0 Å². The Morgan fingerprint density at radius 1 is 1.06 bits per heavy atom. The van der Waals surface area contributed by atoms with Crippen molar-refractivity contribution in [2.75, 3.05) is 0 Å². The van der Waals surface area contributed by atoms with Gasteiger partial charge in [-0.15, -0.1) is 0 Å². The number of aromatic nitrogens is 1. The van der Waals surface area contributed by atoms with Gasteiger partial charge in [0, 0.05) is 18.5 Å². The average molecular weight is 209 g/mol. The Kier molecular flexibility index (Phi) is 2.58. The van der Waals surface area contributed by atoms with Crippen molar-refractivity contribution < 1.29 is 4.84 Å². The number of benzene rings is 1. The molecule has 0 saturated heterocycles. The molecule has 0 amide bonds. The molecule has 0 radical (unpaired) electrons. The average Bonchev–Trinajstić information content (AvgIpc) is 2.82. The van der Waals surface area contributed by atoms with E-state index >= 15 is 0 Å². The molecule has 2 aromatic rings. The van der Waals surface area contributed by atoms with Crippen molar-refractivity contribution in [2.45, 2.75) is 0 Å². The predicted molar refractivity (Wildman–Crippen MR) is 56.3 cm³/mol. The van der Waals surface area contributed by atoms with Crippen molar-refractivity contribution in [3.63, 3.8) is 0 Å². The van der Waals surface area contributed by atoms with Crippen molar-refractivity contribution in [1.29, 1.82) is 10.5 Å². The molecule has 0 fully saturated rings. The summed E-state index contributed by atoms with van der Waals surface area (Å²) in [6, 6.07) is 12.3. The first kappa shape index (κ1) is 9.82. The fraction of sp³-hybridized carbons (Fsp3) is 0. The highest BCUT2D eigenvalue weighted by molar-refractivity contribution is 5.48. The second-order valence-corrected chi connectivity index (χ2v) is 3.07. The summed E-state index contributed by atoms with van der Waals surface area (Å²) in [6.45, 7) is 0. The van der Waals surface area contributed by atoms with Crippen LogP contribution in [-0.4, -0.2) is 4.73 Å². The minimum Gasteiger partial charge on any atom is -0.374 e. The fourth-order valence-corrected chi connectivity index (χ4v) is 1.25. The van der Waals surface area contributed by atoms with E-state index in [9.17, 15) is 0 Å². The van der Waals surface area contributed by atoms with Gasteiger partial charge in [-0.25, -0.2) is 0 Å². The van der Waals surface area contributed by atoms with Gasteiger partial charge in [0.15, 0.2) is 5.75 Å². The Morgan fingerprint density at radius 2 is 1.81 bits per heavy atom. The molecule has 0 aliphatic rings. The van der Waals surface area contributed by atoms with Crippen LogP contribution < -0.4 is 4.84 Å². The van der Waals surface area contributed by atoms with E-state index in [1.165, 1.54) is 4.73 Å². The molecule has 0 unspecified atom stereocenters. The zero-order chi connectivity index (χ0) is 11.4. The van der Waals surface area contributed by atoms with Crippen molar-refractivity contribution in [1.82, 2.24) is 4.73 Å². The molecule has 76 valence electrons. The largest absolute Gasteiger partial charge is 0.374 e. The number of hydrogen-bond donors (Lipinski definition) is 0. The van der Waals surface area contributed by atoms with Crippen LogP contribution in [0.3, 0.4) is 0 Å². The van der Waals surface area contributed by atoms with Gasteiger partial charge >= 0.3 is 0 Å². The number of hydrogen-bond acceptors (Lipinski definition) is 3. The maximum atomic E-state index is 8.89. The van der Waals surface area contributed by atoms with Crippen molar-refractivity contribution in [3.05, 3.63) is 53.9 Å². The molecular formula is C12H7N3O. The molecule has 1 aromatic heterocycles. The van der Waals surface area contributed by atoms with E-state index in [1.54, 1.807) is 42.7 Å². The Balaban J connectivity index is 2.39. The van der Waals surface area contributed by atoms with Gasteiger partial charge in [0.2, 0.25) is 0 Å². The van der Waals surface area contributed by atoms with Crippen molar-refractivity contribution in [3.8, 4) is 17.9 Å². The summed E-state index contributed by atoms with van der Waals surface area (Å²) in [7, 11) is 0. The molecule has 16 heavy (non-hydrogen) atoms. The lowest BCUT2D eigenvalue weighted by molar-refractivity contribution is 0.216. The summed E-state index contributed by atoms with van der Waals surface area (Å²) in [4.78, 5) is 5.43. The molecular weight excluding hydrogens is 202 g/mol. The van der Waals surface area contributed by atoms with Gasteiger partial charge in [0.05, 0.1) is 17.2 Å². The summed E-state index contributed by atoms with van der Waals surface area (Å²) >= 11 is 0. The molecule has 4 heteroatoms. The lowest BCUT2D eigenvalue weighted by Gasteiger charge is -2.07. The molecule has 2 rings (SSSR count). The zero-order valence-electron chi connectivity index (χ0n) is 8.29. The lowest BCUT2D eigenvalue weighted by Crippen LogP contribution is -2.03. The van der Waals surface area contributed by atoms with Gasteiger partial charge in [0.1, 0.15) is 6.07 Å². The number of rotatable bonds is 2. The molecule has 0 aliphatic heterocycles. The maximum Gasteiger partial charge on any atom is 0.174 e. The monoisotopic (exact) mass is 209 g/mol. The van der Waals surface area contributed by atoms with Gasteiger partial charge < -0.3 is 4.84 Å². The Morgan fingerprint density at radius 3 is 2.44 bits per heavy atom. The Labute approximate surface area is 92.5 Å². The van der Waals surface area contributed by atoms with E-state index in [0.717, 1.165) is 0 Å². The van der Waals surface area contributed by atoms with E-state index in [0.29, 0.717) is 16.9 Å². The second-order valence-electron chi connectivity index (χ2n) is 3.07. The highest BCUT2D eigenvalue weighted by atomic mass is 16.7. The first-order valence-electron chi connectivity index (χ1n) is 4.59. The normalized spacial score (nSPS) is 9.12. The molecule has 0 saturated carbocycles. The number of nitriles is 2. The topological polar surface area (TPSA) is 61.7 Å². The minimum atomic E-state index is 0.373. The first-order chi connectivity index (χ1) is 7.83. The molecule has 1 aromatic carbocycles. The van der Waals surface area contributed by atoms with Crippen LogP contribution >= 0.6 is 0 Å². The standard InChI is InChI=1S/C12H7N3O/c13-8-10-3-4-11(9-14)12(7-10)16-15-5-1-2-6-15/h1-7H. The van der Waals surface area contributed by atoms with Crippen molar-refractivity contribution >= 4 is 0 Å². The van der Waals surface area contributed by atoms with Gasteiger partial charge in [-0.05, 0) is 24.3 Å². The molecule has 4 nitrogen and oxygen atoms in total. The summed E-state index contributed by atoms with van der Waals surface area (Å²) in [6.07, 6.45) is 3.42. The number of nitrogens with zero attached hydrogens (tertiary/aromatic N) is 3. The van der Waals surface area contributed by atoms with Crippen LogP contribution in [0.2, 0.25) is 0 Å². The Hall–Kier alpha value is -2.72. The molecule has 0 aliphatic carbocycles. The van der Waals surface area contributed by atoms with Crippen LogP contribution in [-0.2, 0) is 0 Å². The van der Waals surface area contributed by atoms with Gasteiger partial charge in [-0.3, -0.25) is 0 Å². The third-order valence-corrected chi connectivity index (χ3v) is 2.01. The summed E-state index contributed by atoms with van der Waals surface area (Å²) in [5.74, 6) is 0.373. The smallest absolute Gasteiger partial charge is 0.174 e. The molecule has 0 bridgehead atoms. The first-order valence-corrected chi connectivity index (χ1v) is 4.59. The van der Waals surface area contributed by atoms with E-state index in [-0.39, 0.29) is 0 Å². The summed E-state index contributed by atoms with van der Waals surface area (Å²) in [5, 5.41) is 17.6. The van der Waals surface area contributed by atoms with Crippen LogP contribution in [0, 0.1) is 22.7 Å². The highest BCUT2D eigenvalue weighted by Crippen LogP contribution is 2.19. The van der Waals surface area contributed by atoms with Gasteiger partial charge in [-0.2, -0.15) is 15.3 Å². The maximum absolute atomic E-state index is 8.89. The van der Waals surface area contributed by atoms with Crippen LogP contribution in [0.1, 0.15) is 11.1 Å². The summed E-state index contributed by atoms with van der Waals surface area (Å²) in [5.41, 5.74) is 0.855. The van der Waals surface area contributed by atoms with E-state index < -0.39 is 0 Å². The van der Waals surface area contributed by atoms with Crippen LogP contribution in [0.15, 0.2) is 42.7 Å².